The van der Waals surface area contributed by atoms with E-state index in [1.807, 2.05) is 19.1 Å². The zero-order valence-corrected chi connectivity index (χ0v) is 26.5. The average Bonchev–Trinajstić information content (AvgIpc) is 3.53. The number of hydrogen-bond acceptors (Lipinski definition) is 6. The molecule has 234 valence electrons. The number of rotatable bonds is 3. The van der Waals surface area contributed by atoms with Crippen molar-refractivity contribution in [1.82, 2.24) is 25.2 Å². The fourth-order valence-electron chi connectivity index (χ4n) is 8.26. The van der Waals surface area contributed by atoms with Gasteiger partial charge in [0.15, 0.2) is 5.82 Å². The molecule has 0 saturated carbocycles. The molecule has 3 atom stereocenters. The van der Waals surface area contributed by atoms with Gasteiger partial charge < -0.3 is 10.2 Å². The van der Waals surface area contributed by atoms with E-state index in [9.17, 15) is 4.39 Å². The Labute approximate surface area is 264 Å². The summed E-state index contributed by atoms with van der Waals surface area (Å²) < 4.78 is 31.4. The Morgan fingerprint density at radius 1 is 1.11 bits per heavy atom. The number of piperidine rings is 1. The van der Waals surface area contributed by atoms with Crippen LogP contribution in [0, 0.1) is 18.7 Å². The van der Waals surface area contributed by atoms with Gasteiger partial charge in [0.05, 0.1) is 5.39 Å². The van der Waals surface area contributed by atoms with E-state index in [1.165, 1.54) is 0 Å². The van der Waals surface area contributed by atoms with Gasteiger partial charge in [-0.3, -0.25) is 9.88 Å². The first-order chi connectivity index (χ1) is 21.3. The van der Waals surface area contributed by atoms with Crippen LogP contribution >= 0.6 is 11.6 Å². The summed E-state index contributed by atoms with van der Waals surface area (Å²) in [6.45, 7) is 10.3. The number of nitrogens with one attached hydrogen (secondary N) is 1. The van der Waals surface area contributed by atoms with Crippen molar-refractivity contribution in [2.45, 2.75) is 89.3 Å². The first kappa shape index (κ1) is 29.8. The Kier molecular flexibility index (Phi) is 8.25. The van der Waals surface area contributed by atoms with Crippen molar-refractivity contribution >= 4 is 28.3 Å². The van der Waals surface area contributed by atoms with Gasteiger partial charge >= 0.3 is 0 Å². The number of halogens is 3. The van der Waals surface area contributed by atoms with Crippen LogP contribution in [0.15, 0.2) is 30.6 Å². The maximum Gasteiger partial charge on any atom is 0.175 e. The largest absolute Gasteiger partial charge is 0.388 e. The lowest BCUT2D eigenvalue weighted by Gasteiger charge is -2.35. The molecule has 3 fully saturated rings. The Hall–Kier alpha value is -2.84. The second-order valence-corrected chi connectivity index (χ2v) is 14.0. The van der Waals surface area contributed by atoms with E-state index in [0.29, 0.717) is 47.1 Å². The molecule has 7 heterocycles. The van der Waals surface area contributed by atoms with Crippen LogP contribution in [0.5, 0.6) is 0 Å². The standard InChI is InChI=1S/C35H43ClF2N6/c1-22-15-27-26(29(36)16-22)9-4-3-7-23(2)39-18-24-8-5-13-43(20-24)34-28-19-40-32(27)31(38)33(28)41-30(42-34)10-12-35-11-6-14-44(35)21-25(37)17-35/h15-16,19,24-25,39H,2-14,17-18,20-21H2,1H3. The minimum Gasteiger partial charge on any atom is -0.388 e. The average molecular weight is 621 g/mol. The third-order valence-corrected chi connectivity index (χ3v) is 10.8. The first-order valence-corrected chi connectivity index (χ1v) is 16.9. The van der Waals surface area contributed by atoms with Crippen molar-refractivity contribution in [3.63, 3.8) is 0 Å². The second kappa shape index (κ2) is 12.2. The van der Waals surface area contributed by atoms with Crippen molar-refractivity contribution in [3.05, 3.63) is 58.4 Å². The number of aromatic nitrogens is 3. The summed E-state index contributed by atoms with van der Waals surface area (Å²) in [4.78, 5) is 19.4. The van der Waals surface area contributed by atoms with Crippen LogP contribution in [-0.2, 0) is 12.8 Å². The second-order valence-electron chi connectivity index (χ2n) is 13.6. The van der Waals surface area contributed by atoms with Crippen LogP contribution in [0.4, 0.5) is 14.6 Å². The molecular formula is C35H43ClF2N6. The van der Waals surface area contributed by atoms with E-state index in [-0.39, 0.29) is 11.2 Å². The molecule has 6 bridgehead atoms. The molecule has 1 N–H and O–H groups in total. The van der Waals surface area contributed by atoms with Gasteiger partial charge in [-0.1, -0.05) is 18.2 Å². The molecule has 6 nitrogen and oxygen atoms in total. The molecule has 3 unspecified atom stereocenters. The fraction of sp³-hybridized carbons (Fsp3) is 0.571. The Morgan fingerprint density at radius 3 is 2.86 bits per heavy atom. The van der Waals surface area contributed by atoms with Gasteiger partial charge in [-0.05, 0) is 107 Å². The van der Waals surface area contributed by atoms with Gasteiger partial charge in [-0.15, -0.1) is 0 Å². The van der Waals surface area contributed by atoms with Crippen molar-refractivity contribution in [3.8, 4) is 11.3 Å². The Balaban J connectivity index is 1.34. The molecule has 1 aromatic carbocycles. The number of nitrogens with zero attached hydrogens (tertiary/aromatic N) is 5. The lowest BCUT2D eigenvalue weighted by molar-refractivity contribution is 0.181. The highest BCUT2D eigenvalue weighted by Gasteiger charge is 2.48. The van der Waals surface area contributed by atoms with E-state index < -0.39 is 12.0 Å². The maximum atomic E-state index is 16.8. The minimum absolute atomic E-state index is 0.135. The number of pyridine rings is 1. The summed E-state index contributed by atoms with van der Waals surface area (Å²) >= 11 is 6.80. The Morgan fingerprint density at radius 2 is 1.98 bits per heavy atom. The molecule has 0 spiro atoms. The van der Waals surface area contributed by atoms with Crippen LogP contribution < -0.4 is 10.2 Å². The highest BCUT2D eigenvalue weighted by atomic mass is 35.5. The number of allylic oxidation sites excluding steroid dienone is 1. The van der Waals surface area contributed by atoms with Crippen molar-refractivity contribution < 1.29 is 8.78 Å². The zero-order valence-electron chi connectivity index (χ0n) is 25.8. The summed E-state index contributed by atoms with van der Waals surface area (Å²) in [6.07, 6.45) is 10.7. The summed E-state index contributed by atoms with van der Waals surface area (Å²) in [7, 11) is 0. The summed E-state index contributed by atoms with van der Waals surface area (Å²) in [5, 5.41) is 4.88. The van der Waals surface area contributed by atoms with Gasteiger partial charge in [-0.2, -0.15) is 0 Å². The number of aryl methyl sites for hydroxylation is 2. The van der Waals surface area contributed by atoms with Crippen LogP contribution in [0.3, 0.4) is 0 Å². The van der Waals surface area contributed by atoms with Gasteiger partial charge in [0.1, 0.15) is 29.0 Å². The van der Waals surface area contributed by atoms with Gasteiger partial charge in [0.25, 0.3) is 0 Å². The lowest BCUT2D eigenvalue weighted by Crippen LogP contribution is -2.40. The third kappa shape index (κ3) is 5.68. The molecule has 3 aromatic rings. The summed E-state index contributed by atoms with van der Waals surface area (Å²) in [5.41, 5.74) is 4.15. The summed E-state index contributed by atoms with van der Waals surface area (Å²) in [6, 6.07) is 3.94. The van der Waals surface area contributed by atoms with E-state index in [0.717, 1.165) is 112 Å². The highest BCUT2D eigenvalue weighted by Crippen LogP contribution is 2.43. The molecule has 9 heteroatoms. The number of fused-ring (bicyclic) bond motifs is 8. The van der Waals surface area contributed by atoms with Crippen LogP contribution in [0.25, 0.3) is 22.2 Å². The van der Waals surface area contributed by atoms with Gasteiger partial charge in [0.2, 0.25) is 0 Å². The smallest absolute Gasteiger partial charge is 0.175 e. The van der Waals surface area contributed by atoms with Crippen molar-refractivity contribution in [2.75, 3.05) is 37.6 Å². The van der Waals surface area contributed by atoms with E-state index in [4.69, 9.17) is 26.6 Å². The monoisotopic (exact) mass is 620 g/mol. The quantitative estimate of drug-likeness (QED) is 0.330. The molecule has 44 heavy (non-hydrogen) atoms. The lowest BCUT2D eigenvalue weighted by atomic mass is 9.88. The molecular weight excluding hydrogens is 578 g/mol. The topological polar surface area (TPSA) is 57.2 Å². The highest BCUT2D eigenvalue weighted by molar-refractivity contribution is 6.31. The molecule has 0 amide bonds. The van der Waals surface area contributed by atoms with E-state index in [1.54, 1.807) is 6.20 Å². The predicted octanol–water partition coefficient (Wildman–Crippen LogP) is 7.35. The van der Waals surface area contributed by atoms with Crippen LogP contribution in [0.1, 0.15) is 74.7 Å². The number of alkyl halides is 1. The minimum atomic E-state index is -0.782. The predicted molar refractivity (Wildman–Crippen MR) is 173 cm³/mol. The van der Waals surface area contributed by atoms with Crippen LogP contribution in [0.2, 0.25) is 5.02 Å². The van der Waals surface area contributed by atoms with E-state index in [2.05, 4.69) is 21.7 Å². The number of benzene rings is 1. The van der Waals surface area contributed by atoms with Crippen LogP contribution in [-0.4, -0.2) is 64.3 Å². The maximum absolute atomic E-state index is 16.8. The van der Waals surface area contributed by atoms with Crippen molar-refractivity contribution in [2.24, 2.45) is 5.92 Å². The van der Waals surface area contributed by atoms with Crippen molar-refractivity contribution in [1.29, 1.82) is 0 Å². The number of hydrogen-bond donors (Lipinski definition) is 1. The molecule has 5 aliphatic rings. The normalized spacial score (nSPS) is 26.2. The van der Waals surface area contributed by atoms with Gasteiger partial charge in [0, 0.05) is 60.6 Å². The first-order valence-electron chi connectivity index (χ1n) is 16.5. The molecule has 2 aromatic heterocycles. The fourth-order valence-corrected chi connectivity index (χ4v) is 8.63. The molecule has 0 radical (unpaired) electrons. The molecule has 5 aliphatic heterocycles. The molecule has 3 saturated heterocycles. The molecule has 8 rings (SSSR count). The SMILES string of the molecule is C=C1CCCCc2c(Cl)cc(C)cc2-c2ncc3c(nc(CCC45CCCN4CC(F)C5)nc3c2F)N2CCCC(CN1)C2. The number of anilines is 1. The molecule has 0 aliphatic carbocycles. The zero-order chi connectivity index (χ0) is 30.4. The van der Waals surface area contributed by atoms with Gasteiger partial charge in [-0.25, -0.2) is 18.7 Å². The van der Waals surface area contributed by atoms with E-state index >= 15 is 4.39 Å². The third-order valence-electron chi connectivity index (χ3n) is 10.5. The summed E-state index contributed by atoms with van der Waals surface area (Å²) in [5.74, 6) is 1.39. The Bertz CT molecular complexity index is 1580.